The highest BCUT2D eigenvalue weighted by atomic mass is 16.3. The minimum absolute atomic E-state index is 0.0279. The van der Waals surface area contributed by atoms with Crippen molar-refractivity contribution in [2.24, 2.45) is 0 Å². The van der Waals surface area contributed by atoms with Gasteiger partial charge in [0.1, 0.15) is 0 Å². The second kappa shape index (κ2) is 51.7. The van der Waals surface area contributed by atoms with Gasteiger partial charge in [0.05, 0.1) is 18.8 Å². The van der Waals surface area contributed by atoms with Gasteiger partial charge in [-0.15, -0.1) is 0 Å². The van der Waals surface area contributed by atoms with Gasteiger partial charge in [0, 0.05) is 6.42 Å². The minimum Gasteiger partial charge on any atom is -0.394 e. The predicted octanol–water partition coefficient (Wildman–Crippen LogP) is 17.5. The van der Waals surface area contributed by atoms with Crippen LogP contribution in [0.4, 0.5) is 0 Å². The summed E-state index contributed by atoms with van der Waals surface area (Å²) in [7, 11) is 0. The SMILES string of the molecule is CC/C=C\C/C=C\C/C=C\C/C=C\CCCCCCCCCCCCCCCCCCCCCCCCC(=O)NC(CO)C(O)CCCCCCCCCCCCCCC. The topological polar surface area (TPSA) is 69.6 Å². The molecule has 0 saturated carbocycles. The molecule has 60 heavy (non-hydrogen) atoms. The maximum absolute atomic E-state index is 12.4. The number of amides is 1. The fourth-order valence-electron chi connectivity index (χ4n) is 8.30. The summed E-state index contributed by atoms with van der Waals surface area (Å²) in [4.78, 5) is 12.4. The lowest BCUT2D eigenvalue weighted by atomic mass is 10.0. The molecule has 0 bridgehead atoms. The third-order valence-electron chi connectivity index (χ3n) is 12.4. The van der Waals surface area contributed by atoms with Crippen LogP contribution in [0.15, 0.2) is 48.6 Å². The molecule has 0 aliphatic carbocycles. The van der Waals surface area contributed by atoms with Crippen LogP contribution in [0.3, 0.4) is 0 Å². The van der Waals surface area contributed by atoms with Crippen LogP contribution in [0.2, 0.25) is 0 Å². The summed E-state index contributed by atoms with van der Waals surface area (Å²) < 4.78 is 0. The Hall–Kier alpha value is -1.65. The zero-order valence-corrected chi connectivity index (χ0v) is 40.5. The molecule has 1 amide bonds. The first-order valence-electron chi connectivity index (χ1n) is 26.8. The molecule has 0 spiro atoms. The van der Waals surface area contributed by atoms with Crippen molar-refractivity contribution in [2.45, 2.75) is 296 Å². The van der Waals surface area contributed by atoms with E-state index in [2.05, 4.69) is 67.8 Å². The number of nitrogens with one attached hydrogen (secondary N) is 1. The zero-order valence-electron chi connectivity index (χ0n) is 40.5. The van der Waals surface area contributed by atoms with Gasteiger partial charge in [-0.05, 0) is 51.4 Å². The molecule has 0 aromatic heterocycles. The van der Waals surface area contributed by atoms with Crippen LogP contribution in [0, 0.1) is 0 Å². The number of unbranched alkanes of at least 4 members (excludes halogenated alkanes) is 34. The Balaban J connectivity index is 3.39. The van der Waals surface area contributed by atoms with Crippen molar-refractivity contribution in [2.75, 3.05) is 6.61 Å². The van der Waals surface area contributed by atoms with Gasteiger partial charge >= 0.3 is 0 Å². The Morgan fingerprint density at radius 2 is 0.733 bits per heavy atom. The van der Waals surface area contributed by atoms with Crippen LogP contribution < -0.4 is 5.32 Å². The third kappa shape index (κ3) is 47.4. The molecule has 3 N–H and O–H groups in total. The second-order valence-corrected chi connectivity index (χ2v) is 18.3. The van der Waals surface area contributed by atoms with E-state index in [9.17, 15) is 15.0 Å². The van der Waals surface area contributed by atoms with Gasteiger partial charge in [-0.2, -0.15) is 0 Å². The number of hydrogen-bond donors (Lipinski definition) is 3. The highest BCUT2D eigenvalue weighted by Gasteiger charge is 2.20. The van der Waals surface area contributed by atoms with Crippen molar-refractivity contribution in [3.8, 4) is 0 Å². The van der Waals surface area contributed by atoms with Gasteiger partial charge in [0.2, 0.25) is 5.91 Å². The predicted molar refractivity (Wildman–Crippen MR) is 267 cm³/mol. The molecule has 2 atom stereocenters. The van der Waals surface area contributed by atoms with E-state index in [1.165, 1.54) is 205 Å². The van der Waals surface area contributed by atoms with Gasteiger partial charge in [-0.1, -0.05) is 274 Å². The molecule has 0 rings (SSSR count). The lowest BCUT2D eigenvalue weighted by molar-refractivity contribution is -0.123. The highest BCUT2D eigenvalue weighted by molar-refractivity contribution is 5.76. The molecule has 4 nitrogen and oxygen atoms in total. The molecule has 0 saturated heterocycles. The number of aliphatic hydroxyl groups excluding tert-OH is 2. The third-order valence-corrected chi connectivity index (χ3v) is 12.4. The molecule has 2 unspecified atom stereocenters. The number of carbonyl (C=O) groups is 1. The van der Waals surface area contributed by atoms with Gasteiger partial charge in [-0.25, -0.2) is 0 Å². The van der Waals surface area contributed by atoms with E-state index in [1.807, 2.05) is 0 Å². The average molecular weight is 840 g/mol. The Morgan fingerprint density at radius 1 is 0.417 bits per heavy atom. The van der Waals surface area contributed by atoms with E-state index in [0.717, 1.165) is 51.4 Å². The first kappa shape index (κ1) is 58.4. The minimum atomic E-state index is -0.657. The Labute approximate surface area is 375 Å². The fourth-order valence-corrected chi connectivity index (χ4v) is 8.30. The van der Waals surface area contributed by atoms with Crippen LogP contribution in [0.1, 0.15) is 284 Å². The Kier molecular flexibility index (Phi) is 50.3. The molecule has 4 heteroatoms. The number of hydrogen-bond acceptors (Lipinski definition) is 3. The summed E-state index contributed by atoms with van der Waals surface area (Å²) in [5, 5.41) is 23.2. The molecular formula is C56H105NO3. The van der Waals surface area contributed by atoms with E-state index >= 15 is 0 Å². The van der Waals surface area contributed by atoms with E-state index < -0.39 is 12.1 Å². The first-order chi connectivity index (χ1) is 29.7. The molecule has 0 aromatic rings. The van der Waals surface area contributed by atoms with Crippen molar-refractivity contribution in [3.63, 3.8) is 0 Å². The summed E-state index contributed by atoms with van der Waals surface area (Å²) in [6.07, 6.45) is 71.0. The van der Waals surface area contributed by atoms with Gasteiger partial charge in [-0.3, -0.25) is 4.79 Å². The lowest BCUT2D eigenvalue weighted by Crippen LogP contribution is -2.45. The average Bonchev–Trinajstić information content (AvgIpc) is 3.25. The quantitative estimate of drug-likeness (QED) is 0.0422. The van der Waals surface area contributed by atoms with Crippen LogP contribution in [-0.4, -0.2) is 34.9 Å². The molecular weight excluding hydrogens is 735 g/mol. The Morgan fingerprint density at radius 3 is 1.10 bits per heavy atom. The largest absolute Gasteiger partial charge is 0.394 e. The normalized spacial score (nSPS) is 13.2. The van der Waals surface area contributed by atoms with Crippen molar-refractivity contribution in [1.29, 1.82) is 0 Å². The van der Waals surface area contributed by atoms with Crippen LogP contribution in [0.5, 0.6) is 0 Å². The maximum atomic E-state index is 12.4. The van der Waals surface area contributed by atoms with Crippen LogP contribution in [0.25, 0.3) is 0 Å². The molecule has 0 aliphatic heterocycles. The molecule has 0 aliphatic rings. The number of rotatable bonds is 49. The van der Waals surface area contributed by atoms with Crippen molar-refractivity contribution >= 4 is 5.91 Å². The zero-order chi connectivity index (χ0) is 43.5. The van der Waals surface area contributed by atoms with Gasteiger partial charge in [0.15, 0.2) is 0 Å². The van der Waals surface area contributed by atoms with E-state index in [4.69, 9.17) is 0 Å². The summed E-state index contributed by atoms with van der Waals surface area (Å²) >= 11 is 0. The van der Waals surface area contributed by atoms with E-state index in [-0.39, 0.29) is 12.5 Å². The smallest absolute Gasteiger partial charge is 0.220 e. The fraction of sp³-hybridized carbons (Fsp3) is 0.839. The summed E-state index contributed by atoms with van der Waals surface area (Å²) in [5.74, 6) is -0.0279. The van der Waals surface area contributed by atoms with Gasteiger partial charge in [0.25, 0.3) is 0 Å². The van der Waals surface area contributed by atoms with Crippen LogP contribution in [-0.2, 0) is 4.79 Å². The van der Waals surface area contributed by atoms with Crippen molar-refractivity contribution in [1.82, 2.24) is 5.32 Å². The molecule has 0 fully saturated rings. The lowest BCUT2D eigenvalue weighted by Gasteiger charge is -2.22. The van der Waals surface area contributed by atoms with E-state index in [0.29, 0.717) is 12.8 Å². The number of allylic oxidation sites excluding steroid dienone is 8. The monoisotopic (exact) mass is 840 g/mol. The number of carbonyl (C=O) groups excluding carboxylic acids is 1. The first-order valence-corrected chi connectivity index (χ1v) is 26.8. The standard InChI is InChI=1S/C56H105NO3/c1-3-5-7-9-11-13-15-17-18-19-20-21-22-23-24-25-26-27-28-29-30-31-32-33-34-35-36-37-38-40-42-44-46-48-50-52-56(60)57-54(53-58)55(59)51-49-47-45-43-41-39-16-14-12-10-8-6-4-2/h5,7,11,13,17-18,20-21,54-55,58-59H,3-4,6,8-10,12,14-16,19,22-53H2,1-2H3,(H,57,60)/b7-5-,13-11-,18-17-,21-20-. The maximum Gasteiger partial charge on any atom is 0.220 e. The van der Waals surface area contributed by atoms with Crippen molar-refractivity contribution in [3.05, 3.63) is 48.6 Å². The summed E-state index contributed by atoms with van der Waals surface area (Å²) in [6.45, 7) is 4.26. The highest BCUT2D eigenvalue weighted by Crippen LogP contribution is 2.17. The number of aliphatic hydroxyl groups is 2. The second-order valence-electron chi connectivity index (χ2n) is 18.3. The summed E-state index contributed by atoms with van der Waals surface area (Å²) in [6, 6.07) is -0.534. The van der Waals surface area contributed by atoms with E-state index in [1.54, 1.807) is 0 Å². The van der Waals surface area contributed by atoms with Gasteiger partial charge < -0.3 is 15.5 Å². The molecule has 0 heterocycles. The van der Waals surface area contributed by atoms with Crippen molar-refractivity contribution < 1.29 is 15.0 Å². The molecule has 0 radical (unpaired) electrons. The Bertz CT molecular complexity index is 954. The molecule has 352 valence electrons. The summed E-state index contributed by atoms with van der Waals surface area (Å²) in [5.41, 5.74) is 0. The molecule has 0 aromatic carbocycles. The van der Waals surface area contributed by atoms with Crippen LogP contribution >= 0.6 is 0 Å².